The molecule has 3 amide bonds. The van der Waals surface area contributed by atoms with Gasteiger partial charge in [-0.1, -0.05) is 11.6 Å². The highest BCUT2D eigenvalue weighted by atomic mass is 35.5. The van der Waals surface area contributed by atoms with E-state index < -0.39 is 29.1 Å². The van der Waals surface area contributed by atoms with E-state index in [0.717, 1.165) is 28.6 Å². The monoisotopic (exact) mass is 404 g/mol. The van der Waals surface area contributed by atoms with Gasteiger partial charge in [0, 0.05) is 17.6 Å². The zero-order valence-corrected chi connectivity index (χ0v) is 15.7. The number of fused-ring (bicyclic) bond motifs is 1. The van der Waals surface area contributed by atoms with Gasteiger partial charge in [-0.05, 0) is 43.3 Å². The second kappa shape index (κ2) is 6.27. The first-order valence-electron chi connectivity index (χ1n) is 8.41. The molecule has 0 aliphatic carbocycles. The summed E-state index contributed by atoms with van der Waals surface area (Å²) in [5.74, 6) is -1.72. The Labute approximate surface area is 163 Å². The minimum Gasteiger partial charge on any atom is -0.330 e. The van der Waals surface area contributed by atoms with Gasteiger partial charge in [0.05, 0.1) is 17.6 Å². The molecule has 0 spiro atoms. The topological polar surface area (TPSA) is 67.2 Å². The molecule has 144 valence electrons. The van der Waals surface area contributed by atoms with Crippen LogP contribution in [0.25, 0.3) is 11.0 Å². The standard InChI is InChI=1S/C19H15ClF2N4O2/c1-19(12-8-11(21)4-5-13(12)22)17(27)26(18(28)24-19)9-16-23-14-7-10(20)3-6-15(14)25(16)2/h3-8H,9H2,1-2H3,(H,24,28)/t19-/m1/s1. The van der Waals surface area contributed by atoms with Crippen molar-refractivity contribution < 1.29 is 18.4 Å². The van der Waals surface area contributed by atoms with Gasteiger partial charge >= 0.3 is 6.03 Å². The van der Waals surface area contributed by atoms with Crippen molar-refractivity contribution >= 4 is 34.6 Å². The number of carbonyl (C=O) groups is 2. The van der Waals surface area contributed by atoms with Crippen LogP contribution in [0.3, 0.4) is 0 Å². The van der Waals surface area contributed by atoms with Crippen LogP contribution in [0.4, 0.5) is 13.6 Å². The van der Waals surface area contributed by atoms with Crippen LogP contribution >= 0.6 is 11.6 Å². The normalized spacial score (nSPS) is 19.5. The summed E-state index contributed by atoms with van der Waals surface area (Å²) in [4.78, 5) is 30.8. The van der Waals surface area contributed by atoms with E-state index in [2.05, 4.69) is 10.3 Å². The Morgan fingerprint density at radius 3 is 2.68 bits per heavy atom. The number of nitrogens with one attached hydrogen (secondary N) is 1. The third kappa shape index (κ3) is 2.72. The molecule has 1 N–H and O–H groups in total. The van der Waals surface area contributed by atoms with Gasteiger partial charge in [0.1, 0.15) is 23.0 Å². The maximum Gasteiger partial charge on any atom is 0.325 e. The third-order valence-corrected chi connectivity index (χ3v) is 5.21. The lowest BCUT2D eigenvalue weighted by molar-refractivity contribution is -0.131. The van der Waals surface area contributed by atoms with Crippen molar-refractivity contribution in [2.45, 2.75) is 19.0 Å². The van der Waals surface area contributed by atoms with Gasteiger partial charge in [-0.25, -0.2) is 18.6 Å². The van der Waals surface area contributed by atoms with Gasteiger partial charge in [-0.15, -0.1) is 0 Å². The Morgan fingerprint density at radius 1 is 1.18 bits per heavy atom. The Kier molecular flexibility index (Phi) is 4.11. The molecule has 1 aliphatic rings. The predicted molar refractivity (Wildman–Crippen MR) is 98.5 cm³/mol. The smallest absolute Gasteiger partial charge is 0.325 e. The summed E-state index contributed by atoms with van der Waals surface area (Å²) < 4.78 is 29.6. The lowest BCUT2D eigenvalue weighted by Gasteiger charge is -2.22. The van der Waals surface area contributed by atoms with E-state index in [1.165, 1.54) is 6.92 Å². The molecule has 4 rings (SSSR count). The van der Waals surface area contributed by atoms with Gasteiger partial charge in [0.25, 0.3) is 5.91 Å². The molecular formula is C19H15ClF2N4O2. The fraction of sp³-hybridized carbons (Fsp3) is 0.211. The van der Waals surface area contributed by atoms with Gasteiger partial charge in [-0.2, -0.15) is 0 Å². The zero-order chi connectivity index (χ0) is 20.2. The average molecular weight is 405 g/mol. The maximum atomic E-state index is 14.2. The maximum absolute atomic E-state index is 14.2. The molecule has 1 aliphatic heterocycles. The molecule has 6 nitrogen and oxygen atoms in total. The number of aryl methyl sites for hydroxylation is 1. The van der Waals surface area contributed by atoms with Crippen molar-refractivity contribution in [3.05, 3.63) is 64.4 Å². The van der Waals surface area contributed by atoms with Crippen molar-refractivity contribution in [3.8, 4) is 0 Å². The molecule has 2 aromatic carbocycles. The number of amides is 3. The quantitative estimate of drug-likeness (QED) is 0.680. The van der Waals surface area contributed by atoms with Gasteiger partial charge in [-0.3, -0.25) is 9.69 Å². The molecule has 1 atom stereocenters. The van der Waals surface area contributed by atoms with Gasteiger partial charge in [0.2, 0.25) is 0 Å². The minimum atomic E-state index is -1.71. The highest BCUT2D eigenvalue weighted by Gasteiger charge is 2.50. The molecule has 0 unspecified atom stereocenters. The minimum absolute atomic E-state index is 0.125. The number of carbonyl (C=O) groups excluding carboxylic acids is 2. The van der Waals surface area contributed by atoms with Crippen molar-refractivity contribution in [1.29, 1.82) is 0 Å². The molecule has 9 heteroatoms. The first kappa shape index (κ1) is 18.4. The van der Waals surface area contributed by atoms with E-state index in [1.54, 1.807) is 29.8 Å². The number of imide groups is 1. The highest BCUT2D eigenvalue weighted by Crippen LogP contribution is 2.32. The predicted octanol–water partition coefficient (Wildman–Crippen LogP) is 3.47. The lowest BCUT2D eigenvalue weighted by Crippen LogP contribution is -2.41. The van der Waals surface area contributed by atoms with Crippen LogP contribution in [0.15, 0.2) is 36.4 Å². The van der Waals surface area contributed by atoms with Gasteiger partial charge in [0.15, 0.2) is 0 Å². The number of benzene rings is 2. The van der Waals surface area contributed by atoms with Crippen molar-refractivity contribution in [3.63, 3.8) is 0 Å². The summed E-state index contributed by atoms with van der Waals surface area (Å²) in [6, 6.07) is 7.26. The summed E-state index contributed by atoms with van der Waals surface area (Å²) in [6.45, 7) is 1.22. The SMILES string of the molecule is Cn1c(CN2C(=O)N[C@](C)(c3cc(F)ccc3F)C2=O)nc2cc(Cl)ccc21. The Morgan fingerprint density at radius 2 is 1.93 bits per heavy atom. The molecule has 0 saturated carbocycles. The molecule has 2 heterocycles. The van der Waals surface area contributed by atoms with Crippen molar-refractivity contribution in [1.82, 2.24) is 19.8 Å². The third-order valence-electron chi connectivity index (χ3n) is 4.98. The van der Waals surface area contributed by atoms with Crippen LogP contribution in [-0.2, 0) is 23.9 Å². The number of halogens is 3. The van der Waals surface area contributed by atoms with E-state index >= 15 is 0 Å². The summed E-state index contributed by atoms with van der Waals surface area (Å²) in [6.07, 6.45) is 0. The first-order chi connectivity index (χ1) is 13.2. The molecule has 1 aromatic heterocycles. The Hall–Kier alpha value is -3.00. The molecule has 0 bridgehead atoms. The Balaban J connectivity index is 1.70. The molecule has 1 fully saturated rings. The lowest BCUT2D eigenvalue weighted by atomic mass is 9.91. The zero-order valence-electron chi connectivity index (χ0n) is 15.0. The van der Waals surface area contributed by atoms with E-state index in [4.69, 9.17) is 11.6 Å². The average Bonchev–Trinajstić information content (AvgIpc) is 3.06. The fourth-order valence-electron chi connectivity index (χ4n) is 3.41. The summed E-state index contributed by atoms with van der Waals surface area (Å²) in [7, 11) is 1.75. The van der Waals surface area contributed by atoms with E-state index in [1.807, 2.05) is 0 Å². The number of nitrogens with zero attached hydrogens (tertiary/aromatic N) is 3. The van der Waals surface area contributed by atoms with Gasteiger partial charge < -0.3 is 9.88 Å². The number of imidazole rings is 1. The van der Waals surface area contributed by atoms with Crippen molar-refractivity contribution in [2.24, 2.45) is 7.05 Å². The van der Waals surface area contributed by atoms with Crippen LogP contribution in [0, 0.1) is 11.6 Å². The molecule has 1 saturated heterocycles. The number of hydrogen-bond donors (Lipinski definition) is 1. The summed E-state index contributed by atoms with van der Waals surface area (Å²) >= 11 is 5.99. The highest BCUT2D eigenvalue weighted by molar-refractivity contribution is 6.31. The number of hydrogen-bond acceptors (Lipinski definition) is 3. The van der Waals surface area contributed by atoms with E-state index in [0.29, 0.717) is 16.4 Å². The molecule has 28 heavy (non-hydrogen) atoms. The van der Waals surface area contributed by atoms with E-state index in [9.17, 15) is 18.4 Å². The number of urea groups is 1. The van der Waals surface area contributed by atoms with E-state index in [-0.39, 0.29) is 12.1 Å². The van der Waals surface area contributed by atoms with Crippen LogP contribution in [0.5, 0.6) is 0 Å². The second-order valence-electron chi connectivity index (χ2n) is 6.79. The molecule has 0 radical (unpaired) electrons. The van der Waals surface area contributed by atoms with Crippen LogP contribution in [0.1, 0.15) is 18.3 Å². The number of rotatable bonds is 3. The largest absolute Gasteiger partial charge is 0.330 e. The van der Waals surface area contributed by atoms with Crippen LogP contribution in [-0.4, -0.2) is 26.4 Å². The van der Waals surface area contributed by atoms with Crippen LogP contribution in [0.2, 0.25) is 5.02 Å². The molecule has 3 aromatic rings. The fourth-order valence-corrected chi connectivity index (χ4v) is 3.58. The van der Waals surface area contributed by atoms with Crippen molar-refractivity contribution in [2.75, 3.05) is 0 Å². The van der Waals surface area contributed by atoms with Crippen LogP contribution < -0.4 is 5.32 Å². The molecular weight excluding hydrogens is 390 g/mol. The summed E-state index contributed by atoms with van der Waals surface area (Å²) in [5, 5.41) is 2.98. The summed E-state index contributed by atoms with van der Waals surface area (Å²) in [5.41, 5.74) is -0.538. The Bertz CT molecular complexity index is 1150. The first-order valence-corrected chi connectivity index (χ1v) is 8.79. The second-order valence-corrected chi connectivity index (χ2v) is 7.23. The number of aromatic nitrogens is 2.